The molecular formula is C13H9F2N3O2. The number of rotatable bonds is 4. The van der Waals surface area contributed by atoms with E-state index in [4.69, 9.17) is 4.52 Å². The van der Waals surface area contributed by atoms with E-state index in [0.717, 1.165) is 12.1 Å². The predicted molar refractivity (Wildman–Crippen MR) is 65.7 cm³/mol. The van der Waals surface area contributed by atoms with Gasteiger partial charge in [0.1, 0.15) is 12.0 Å². The number of anilines is 1. The van der Waals surface area contributed by atoms with Crippen LogP contribution in [0.2, 0.25) is 0 Å². The normalized spacial score (nSPS) is 10.7. The Bertz CT molecular complexity index is 710. The molecule has 3 rings (SSSR count). The molecule has 7 heteroatoms. The Hall–Kier alpha value is -2.70. The maximum Gasteiger partial charge on any atom is 0.169 e. The van der Waals surface area contributed by atoms with Gasteiger partial charge in [-0.15, -0.1) is 0 Å². The van der Waals surface area contributed by atoms with Gasteiger partial charge in [-0.2, -0.15) is 0 Å². The van der Waals surface area contributed by atoms with Crippen LogP contribution in [0.15, 0.2) is 45.6 Å². The van der Waals surface area contributed by atoms with E-state index in [9.17, 15) is 8.78 Å². The first-order valence-corrected chi connectivity index (χ1v) is 5.77. The van der Waals surface area contributed by atoms with Crippen molar-refractivity contribution in [1.29, 1.82) is 0 Å². The second kappa shape index (κ2) is 5.12. The lowest BCUT2D eigenvalue weighted by Crippen LogP contribution is -1.97. The van der Waals surface area contributed by atoms with Gasteiger partial charge in [0.25, 0.3) is 0 Å². The van der Waals surface area contributed by atoms with E-state index in [2.05, 4.69) is 20.2 Å². The van der Waals surface area contributed by atoms with E-state index in [0.29, 0.717) is 29.4 Å². The summed E-state index contributed by atoms with van der Waals surface area (Å²) in [7, 11) is 0. The molecule has 20 heavy (non-hydrogen) atoms. The molecule has 5 nitrogen and oxygen atoms in total. The standard InChI is InChI=1S/C13H9F2N3O2/c14-10-2-1-8(5-11(10)15)12-6-9(20-17-12)7-16-13-3-4-19-18-13/h1-6H,7H2,(H,16,18). The molecule has 0 spiro atoms. The van der Waals surface area contributed by atoms with Crippen LogP contribution in [0.1, 0.15) is 5.76 Å². The van der Waals surface area contributed by atoms with Crippen LogP contribution in [0, 0.1) is 11.6 Å². The zero-order valence-corrected chi connectivity index (χ0v) is 10.1. The maximum atomic E-state index is 13.1. The maximum absolute atomic E-state index is 13.1. The predicted octanol–water partition coefficient (Wildman–Crippen LogP) is 3.22. The Morgan fingerprint density at radius 2 is 1.95 bits per heavy atom. The van der Waals surface area contributed by atoms with Gasteiger partial charge in [0, 0.05) is 17.7 Å². The molecule has 0 atom stereocenters. The Labute approximate surface area is 112 Å². The molecule has 1 aromatic carbocycles. The van der Waals surface area contributed by atoms with Gasteiger partial charge in [-0.25, -0.2) is 8.78 Å². The second-order valence-corrected chi connectivity index (χ2v) is 4.05. The molecule has 2 heterocycles. The minimum atomic E-state index is -0.923. The topological polar surface area (TPSA) is 64.1 Å². The summed E-state index contributed by atoms with van der Waals surface area (Å²) >= 11 is 0. The molecule has 0 saturated carbocycles. The number of aromatic nitrogens is 2. The smallest absolute Gasteiger partial charge is 0.169 e. The summed E-state index contributed by atoms with van der Waals surface area (Å²) in [6, 6.07) is 6.85. The number of hydrogen-bond donors (Lipinski definition) is 1. The lowest BCUT2D eigenvalue weighted by atomic mass is 10.1. The first kappa shape index (κ1) is 12.3. The summed E-state index contributed by atoms with van der Waals surface area (Å²) in [6.07, 6.45) is 1.44. The molecule has 0 bridgehead atoms. The van der Waals surface area contributed by atoms with Crippen molar-refractivity contribution < 1.29 is 17.8 Å². The molecule has 102 valence electrons. The van der Waals surface area contributed by atoms with Gasteiger partial charge >= 0.3 is 0 Å². The molecular weight excluding hydrogens is 268 g/mol. The third-order valence-corrected chi connectivity index (χ3v) is 2.66. The molecule has 2 aromatic heterocycles. The van der Waals surface area contributed by atoms with Crippen molar-refractivity contribution in [3.05, 3.63) is 54.0 Å². The minimum Gasteiger partial charge on any atom is -0.363 e. The van der Waals surface area contributed by atoms with Crippen LogP contribution in [0.4, 0.5) is 14.6 Å². The fourth-order valence-electron chi connectivity index (χ4n) is 1.67. The summed E-state index contributed by atoms with van der Waals surface area (Å²) in [4.78, 5) is 0. The molecule has 3 aromatic rings. The van der Waals surface area contributed by atoms with Crippen LogP contribution in [0.25, 0.3) is 11.3 Å². The fraction of sp³-hybridized carbons (Fsp3) is 0.0769. The molecule has 0 aliphatic heterocycles. The summed E-state index contributed by atoms with van der Waals surface area (Å²) in [5.41, 5.74) is 0.876. The van der Waals surface area contributed by atoms with Gasteiger partial charge < -0.3 is 14.4 Å². The minimum absolute atomic E-state index is 0.350. The first-order valence-electron chi connectivity index (χ1n) is 5.77. The van der Waals surface area contributed by atoms with Gasteiger partial charge in [0.15, 0.2) is 23.2 Å². The molecule has 0 unspecified atom stereocenters. The van der Waals surface area contributed by atoms with Crippen LogP contribution >= 0.6 is 0 Å². The third-order valence-electron chi connectivity index (χ3n) is 2.66. The van der Waals surface area contributed by atoms with E-state index in [1.165, 1.54) is 12.3 Å². The highest BCUT2D eigenvalue weighted by molar-refractivity contribution is 5.58. The number of nitrogens with zero attached hydrogens (tertiary/aromatic N) is 2. The van der Waals surface area contributed by atoms with E-state index >= 15 is 0 Å². The summed E-state index contributed by atoms with van der Waals surface area (Å²) in [6.45, 7) is 0.350. The van der Waals surface area contributed by atoms with Crippen molar-refractivity contribution in [2.24, 2.45) is 0 Å². The third kappa shape index (κ3) is 2.51. The lowest BCUT2D eigenvalue weighted by molar-refractivity contribution is 0.389. The van der Waals surface area contributed by atoms with Crippen molar-refractivity contribution in [3.8, 4) is 11.3 Å². The molecule has 0 saturated heterocycles. The number of nitrogens with one attached hydrogen (secondary N) is 1. The molecule has 0 fully saturated rings. The van der Waals surface area contributed by atoms with Crippen LogP contribution < -0.4 is 5.32 Å². The van der Waals surface area contributed by atoms with Gasteiger partial charge in [0.05, 0.1) is 6.54 Å². The van der Waals surface area contributed by atoms with Crippen LogP contribution in [-0.4, -0.2) is 10.3 Å². The van der Waals surface area contributed by atoms with E-state index in [-0.39, 0.29) is 0 Å². The second-order valence-electron chi connectivity index (χ2n) is 4.05. The Morgan fingerprint density at radius 3 is 2.70 bits per heavy atom. The molecule has 0 aliphatic rings. The van der Waals surface area contributed by atoms with E-state index in [1.54, 1.807) is 12.1 Å². The summed E-state index contributed by atoms with van der Waals surface area (Å²) < 4.78 is 35.8. The number of hydrogen-bond acceptors (Lipinski definition) is 5. The highest BCUT2D eigenvalue weighted by Gasteiger charge is 2.10. The zero-order chi connectivity index (χ0) is 13.9. The van der Waals surface area contributed by atoms with Gasteiger partial charge in [-0.1, -0.05) is 10.3 Å². The Morgan fingerprint density at radius 1 is 1.05 bits per heavy atom. The first-order chi connectivity index (χ1) is 9.72. The van der Waals surface area contributed by atoms with Crippen LogP contribution in [-0.2, 0) is 6.54 Å². The summed E-state index contributed by atoms with van der Waals surface area (Å²) in [5, 5.41) is 10.4. The highest BCUT2D eigenvalue weighted by atomic mass is 19.2. The summed E-state index contributed by atoms with van der Waals surface area (Å²) in [5.74, 6) is -0.721. The van der Waals surface area contributed by atoms with Crippen LogP contribution in [0.5, 0.6) is 0 Å². The van der Waals surface area contributed by atoms with E-state index < -0.39 is 11.6 Å². The van der Waals surface area contributed by atoms with E-state index in [1.807, 2.05) is 0 Å². The van der Waals surface area contributed by atoms with Crippen molar-refractivity contribution in [2.45, 2.75) is 6.54 Å². The average Bonchev–Trinajstić information content (AvgIpc) is 3.10. The van der Waals surface area contributed by atoms with Crippen LogP contribution in [0.3, 0.4) is 0 Å². The molecule has 0 amide bonds. The monoisotopic (exact) mass is 277 g/mol. The van der Waals surface area contributed by atoms with Crippen molar-refractivity contribution in [1.82, 2.24) is 10.3 Å². The lowest BCUT2D eigenvalue weighted by Gasteiger charge is -1.97. The number of halogens is 2. The molecule has 0 radical (unpaired) electrons. The Balaban J connectivity index is 1.74. The van der Waals surface area contributed by atoms with Crippen molar-refractivity contribution >= 4 is 5.82 Å². The zero-order valence-electron chi connectivity index (χ0n) is 10.1. The highest BCUT2D eigenvalue weighted by Crippen LogP contribution is 2.21. The average molecular weight is 277 g/mol. The quantitative estimate of drug-likeness (QED) is 0.793. The largest absolute Gasteiger partial charge is 0.363 e. The van der Waals surface area contributed by atoms with Crippen molar-refractivity contribution in [2.75, 3.05) is 5.32 Å². The van der Waals surface area contributed by atoms with Gasteiger partial charge in [-0.3, -0.25) is 0 Å². The molecule has 0 aliphatic carbocycles. The number of benzene rings is 1. The van der Waals surface area contributed by atoms with Gasteiger partial charge in [-0.05, 0) is 18.2 Å². The molecule has 1 N–H and O–H groups in total. The fourth-order valence-corrected chi connectivity index (χ4v) is 1.67. The Kier molecular flexibility index (Phi) is 3.16. The van der Waals surface area contributed by atoms with Crippen molar-refractivity contribution in [3.63, 3.8) is 0 Å². The van der Waals surface area contributed by atoms with Gasteiger partial charge in [0.2, 0.25) is 0 Å². The SMILES string of the molecule is Fc1ccc(-c2cc(CNc3ccon3)on2)cc1F.